The number of nitrogens with one attached hydrogen (secondary N) is 1. The maximum absolute atomic E-state index is 3.52. The van der Waals surface area contributed by atoms with Crippen molar-refractivity contribution < 1.29 is 0 Å². The van der Waals surface area contributed by atoms with Crippen LogP contribution in [0.5, 0.6) is 0 Å². The average molecular weight is 274 g/mol. The summed E-state index contributed by atoms with van der Waals surface area (Å²) in [4.78, 5) is 2.69. The van der Waals surface area contributed by atoms with Crippen molar-refractivity contribution in [1.29, 1.82) is 0 Å². The number of hydrogen-bond donors (Lipinski definition) is 1. The van der Waals surface area contributed by atoms with Gasteiger partial charge >= 0.3 is 0 Å². The summed E-state index contributed by atoms with van der Waals surface area (Å²) < 4.78 is 0. The van der Waals surface area contributed by atoms with Gasteiger partial charge in [0.1, 0.15) is 0 Å². The van der Waals surface area contributed by atoms with Crippen LogP contribution >= 0.6 is 0 Å². The van der Waals surface area contributed by atoms with Crippen LogP contribution in [0.3, 0.4) is 0 Å². The van der Waals surface area contributed by atoms with Crippen molar-refractivity contribution >= 4 is 0 Å². The Morgan fingerprint density at radius 2 is 1.90 bits per heavy atom. The molecule has 1 saturated carbocycles. The molecule has 0 heterocycles. The van der Waals surface area contributed by atoms with Gasteiger partial charge in [-0.05, 0) is 44.5 Å². The van der Waals surface area contributed by atoms with Crippen LogP contribution in [-0.4, -0.2) is 31.1 Å². The Bertz CT molecular complexity index is 396. The zero-order valence-electron chi connectivity index (χ0n) is 13.4. The molecule has 0 spiro atoms. The van der Waals surface area contributed by atoms with Gasteiger partial charge in [-0.2, -0.15) is 0 Å². The summed E-state index contributed by atoms with van der Waals surface area (Å²) >= 11 is 0. The number of aryl methyl sites for hydroxylation is 1. The van der Waals surface area contributed by atoms with E-state index in [1.54, 1.807) is 0 Å². The van der Waals surface area contributed by atoms with Gasteiger partial charge in [0.25, 0.3) is 0 Å². The van der Waals surface area contributed by atoms with Gasteiger partial charge in [-0.15, -0.1) is 0 Å². The van der Waals surface area contributed by atoms with E-state index in [1.165, 1.54) is 43.2 Å². The lowest BCUT2D eigenvalue weighted by Gasteiger charge is -2.36. The van der Waals surface area contributed by atoms with Crippen LogP contribution in [0.4, 0.5) is 0 Å². The number of likely N-dealkylation sites (N-methyl/N-ethyl adjacent to an activating group) is 2. The van der Waals surface area contributed by atoms with Crippen molar-refractivity contribution in [1.82, 2.24) is 10.2 Å². The second-order valence-electron chi connectivity index (χ2n) is 6.08. The van der Waals surface area contributed by atoms with Crippen LogP contribution in [0, 0.1) is 6.92 Å². The Labute approximate surface area is 124 Å². The first kappa shape index (κ1) is 15.5. The van der Waals surface area contributed by atoms with Gasteiger partial charge in [-0.1, -0.05) is 50.5 Å². The lowest BCUT2D eigenvalue weighted by atomic mass is 9.93. The standard InChI is InChI=1S/C18H30N2/c1-4-20(16-11-6-5-7-12-16)14-18(19-3)17-13-9-8-10-15(17)2/h8-10,13,16,18-19H,4-7,11-12,14H2,1-3H3. The third-order valence-electron chi connectivity index (χ3n) is 4.83. The summed E-state index contributed by atoms with van der Waals surface area (Å²) in [5.41, 5.74) is 2.84. The van der Waals surface area contributed by atoms with Gasteiger partial charge in [0.2, 0.25) is 0 Å². The molecule has 1 aromatic rings. The summed E-state index contributed by atoms with van der Waals surface area (Å²) in [5, 5.41) is 3.52. The molecule has 1 aliphatic carbocycles. The van der Waals surface area contributed by atoms with E-state index in [0.717, 1.165) is 19.1 Å². The van der Waals surface area contributed by atoms with E-state index in [1.807, 2.05) is 0 Å². The number of benzene rings is 1. The van der Waals surface area contributed by atoms with Gasteiger partial charge in [0.15, 0.2) is 0 Å². The first-order valence-electron chi connectivity index (χ1n) is 8.23. The molecule has 0 aromatic heterocycles. The van der Waals surface area contributed by atoms with Crippen LogP contribution in [0.2, 0.25) is 0 Å². The fraction of sp³-hybridized carbons (Fsp3) is 0.667. The van der Waals surface area contributed by atoms with Crippen LogP contribution in [-0.2, 0) is 0 Å². The lowest BCUT2D eigenvalue weighted by molar-refractivity contribution is 0.149. The second-order valence-corrected chi connectivity index (χ2v) is 6.08. The third-order valence-corrected chi connectivity index (χ3v) is 4.83. The molecule has 1 fully saturated rings. The highest BCUT2D eigenvalue weighted by atomic mass is 15.2. The largest absolute Gasteiger partial charge is 0.312 e. The molecule has 1 unspecified atom stereocenters. The Balaban J connectivity index is 2.05. The molecule has 0 amide bonds. The van der Waals surface area contributed by atoms with E-state index >= 15 is 0 Å². The normalized spacial score (nSPS) is 18.4. The third kappa shape index (κ3) is 3.83. The first-order valence-corrected chi connectivity index (χ1v) is 8.23. The molecule has 1 N–H and O–H groups in total. The van der Waals surface area contributed by atoms with Crippen molar-refractivity contribution in [3.05, 3.63) is 35.4 Å². The summed E-state index contributed by atoms with van der Waals surface area (Å²) in [6.07, 6.45) is 7.03. The molecule has 2 heteroatoms. The predicted molar refractivity (Wildman–Crippen MR) is 87.1 cm³/mol. The maximum Gasteiger partial charge on any atom is 0.0449 e. The zero-order valence-corrected chi connectivity index (χ0v) is 13.4. The maximum atomic E-state index is 3.52. The summed E-state index contributed by atoms with van der Waals surface area (Å²) in [6.45, 7) is 6.81. The predicted octanol–water partition coefficient (Wildman–Crippen LogP) is 3.91. The number of rotatable bonds is 6. The second kappa shape index (κ2) is 7.80. The first-order chi connectivity index (χ1) is 9.76. The Morgan fingerprint density at radius 1 is 1.20 bits per heavy atom. The van der Waals surface area contributed by atoms with Crippen LogP contribution in [0.1, 0.15) is 56.2 Å². The molecule has 0 bridgehead atoms. The molecule has 20 heavy (non-hydrogen) atoms. The smallest absolute Gasteiger partial charge is 0.0449 e. The van der Waals surface area contributed by atoms with E-state index in [4.69, 9.17) is 0 Å². The lowest BCUT2D eigenvalue weighted by Crippen LogP contribution is -2.41. The quantitative estimate of drug-likeness (QED) is 0.846. The molecule has 2 nitrogen and oxygen atoms in total. The minimum absolute atomic E-state index is 0.443. The van der Waals surface area contributed by atoms with Crippen molar-refractivity contribution in [3.8, 4) is 0 Å². The highest BCUT2D eigenvalue weighted by Gasteiger charge is 2.23. The fourth-order valence-corrected chi connectivity index (χ4v) is 3.54. The van der Waals surface area contributed by atoms with Gasteiger partial charge in [-0.25, -0.2) is 0 Å². The van der Waals surface area contributed by atoms with E-state index in [-0.39, 0.29) is 0 Å². The number of hydrogen-bond acceptors (Lipinski definition) is 2. The molecular weight excluding hydrogens is 244 g/mol. The highest BCUT2D eigenvalue weighted by Crippen LogP contribution is 2.25. The topological polar surface area (TPSA) is 15.3 Å². The molecule has 2 rings (SSSR count). The number of nitrogens with zero attached hydrogens (tertiary/aromatic N) is 1. The SMILES string of the molecule is CCN(CC(NC)c1ccccc1C)C1CCCCC1. The average Bonchev–Trinajstić information content (AvgIpc) is 2.50. The summed E-state index contributed by atoms with van der Waals surface area (Å²) in [7, 11) is 2.09. The molecule has 1 atom stereocenters. The van der Waals surface area contributed by atoms with Gasteiger partial charge in [0, 0.05) is 18.6 Å². The van der Waals surface area contributed by atoms with Crippen molar-refractivity contribution in [2.24, 2.45) is 0 Å². The molecular formula is C18H30N2. The minimum Gasteiger partial charge on any atom is -0.312 e. The highest BCUT2D eigenvalue weighted by molar-refractivity contribution is 5.29. The van der Waals surface area contributed by atoms with Gasteiger partial charge in [0.05, 0.1) is 0 Å². The zero-order chi connectivity index (χ0) is 14.4. The van der Waals surface area contributed by atoms with Crippen LogP contribution in [0.15, 0.2) is 24.3 Å². The fourth-order valence-electron chi connectivity index (χ4n) is 3.54. The Kier molecular flexibility index (Phi) is 6.06. The molecule has 0 saturated heterocycles. The summed E-state index contributed by atoms with van der Waals surface area (Å²) in [6, 6.07) is 10.0. The van der Waals surface area contributed by atoms with Crippen LogP contribution in [0.25, 0.3) is 0 Å². The van der Waals surface area contributed by atoms with Crippen molar-refractivity contribution in [2.45, 2.75) is 58.0 Å². The summed E-state index contributed by atoms with van der Waals surface area (Å²) in [5.74, 6) is 0. The Morgan fingerprint density at radius 3 is 2.50 bits per heavy atom. The van der Waals surface area contributed by atoms with Gasteiger partial charge < -0.3 is 5.32 Å². The van der Waals surface area contributed by atoms with E-state index < -0.39 is 0 Å². The van der Waals surface area contributed by atoms with E-state index in [9.17, 15) is 0 Å². The van der Waals surface area contributed by atoms with E-state index in [2.05, 4.69) is 55.4 Å². The Hall–Kier alpha value is -0.860. The van der Waals surface area contributed by atoms with Crippen LogP contribution < -0.4 is 5.32 Å². The molecule has 0 aliphatic heterocycles. The molecule has 112 valence electrons. The van der Waals surface area contributed by atoms with Gasteiger partial charge in [-0.3, -0.25) is 4.90 Å². The van der Waals surface area contributed by atoms with E-state index in [0.29, 0.717) is 6.04 Å². The molecule has 1 aromatic carbocycles. The molecule has 0 radical (unpaired) electrons. The van der Waals surface area contributed by atoms with Crippen molar-refractivity contribution in [2.75, 3.05) is 20.1 Å². The monoisotopic (exact) mass is 274 g/mol. The molecule has 1 aliphatic rings. The minimum atomic E-state index is 0.443. The van der Waals surface area contributed by atoms with Crippen molar-refractivity contribution in [3.63, 3.8) is 0 Å².